The molecule has 0 bridgehead atoms. The summed E-state index contributed by atoms with van der Waals surface area (Å²) in [5, 5.41) is 3.22. The second-order valence-corrected chi connectivity index (χ2v) is 6.96. The Balaban J connectivity index is 1.61. The zero-order valence-corrected chi connectivity index (χ0v) is 15.1. The highest BCUT2D eigenvalue weighted by atomic mass is 19.1. The van der Waals surface area contributed by atoms with Gasteiger partial charge in [0.15, 0.2) is 11.6 Å². The van der Waals surface area contributed by atoms with Crippen molar-refractivity contribution in [2.45, 2.75) is 45.3 Å². The summed E-state index contributed by atoms with van der Waals surface area (Å²) >= 11 is 0. The summed E-state index contributed by atoms with van der Waals surface area (Å²) in [7, 11) is 0. The lowest BCUT2D eigenvalue weighted by Crippen LogP contribution is -2.53. The van der Waals surface area contributed by atoms with Crippen LogP contribution in [0.5, 0.6) is 5.75 Å². The molecule has 1 amide bonds. The maximum Gasteiger partial charge on any atom is 0.410 e. The van der Waals surface area contributed by atoms with E-state index in [-0.39, 0.29) is 17.4 Å². The zero-order chi connectivity index (χ0) is 18.5. The second-order valence-electron chi connectivity index (χ2n) is 6.96. The van der Waals surface area contributed by atoms with Gasteiger partial charge in [-0.3, -0.25) is 0 Å². The number of nitrogens with one attached hydrogen (secondary N) is 1. The number of hydrogen-bond acceptors (Lipinski definition) is 4. The first kappa shape index (κ1) is 18.9. The maximum absolute atomic E-state index is 14.6. The molecule has 26 heavy (non-hydrogen) atoms. The Kier molecular flexibility index (Phi) is 6.29. The predicted octanol–water partition coefficient (Wildman–Crippen LogP) is 3.46. The number of nitrogens with zero attached hydrogens (tertiary/aromatic N) is 1. The van der Waals surface area contributed by atoms with Crippen LogP contribution in [0.3, 0.4) is 0 Å². The smallest absolute Gasteiger partial charge is 0.410 e. The third-order valence-corrected chi connectivity index (χ3v) is 5.25. The van der Waals surface area contributed by atoms with Crippen molar-refractivity contribution in [1.29, 1.82) is 0 Å². The number of amides is 1. The molecule has 0 radical (unpaired) electrons. The fourth-order valence-electron chi connectivity index (χ4n) is 3.27. The Morgan fingerprint density at radius 2 is 2.15 bits per heavy atom. The van der Waals surface area contributed by atoms with Gasteiger partial charge in [0, 0.05) is 25.7 Å². The fraction of sp³-hybridized carbons (Fsp3) is 0.632. The molecule has 0 aromatic heterocycles. The highest BCUT2D eigenvalue weighted by molar-refractivity contribution is 5.68. The number of halogens is 2. The minimum Gasteiger partial charge on any atom is -0.490 e. The zero-order valence-electron chi connectivity index (χ0n) is 15.1. The van der Waals surface area contributed by atoms with Crippen molar-refractivity contribution in [3.63, 3.8) is 0 Å². The van der Waals surface area contributed by atoms with Crippen molar-refractivity contribution in [3.8, 4) is 5.75 Å². The first-order valence-corrected chi connectivity index (χ1v) is 9.34. The van der Waals surface area contributed by atoms with Crippen molar-refractivity contribution in [2.24, 2.45) is 5.92 Å². The quantitative estimate of drug-likeness (QED) is 0.835. The third-order valence-electron chi connectivity index (χ3n) is 5.25. The summed E-state index contributed by atoms with van der Waals surface area (Å²) in [4.78, 5) is 13.9. The van der Waals surface area contributed by atoms with Gasteiger partial charge in [0.25, 0.3) is 0 Å². The van der Waals surface area contributed by atoms with Crippen molar-refractivity contribution in [1.82, 2.24) is 10.2 Å². The molecular formula is C19H26F2N2O3. The monoisotopic (exact) mass is 368 g/mol. The Morgan fingerprint density at radius 3 is 2.85 bits per heavy atom. The Labute approximate surface area is 152 Å². The summed E-state index contributed by atoms with van der Waals surface area (Å²) in [6, 6.07) is 2.48. The van der Waals surface area contributed by atoms with Gasteiger partial charge in [-0.1, -0.05) is 13.3 Å². The topological polar surface area (TPSA) is 50.8 Å². The van der Waals surface area contributed by atoms with E-state index in [1.165, 1.54) is 12.5 Å². The van der Waals surface area contributed by atoms with Crippen LogP contribution in [0, 0.1) is 17.6 Å². The Morgan fingerprint density at radius 1 is 1.35 bits per heavy atom. The van der Waals surface area contributed by atoms with E-state index in [0.717, 1.165) is 25.3 Å². The first-order chi connectivity index (χ1) is 12.6. The molecule has 1 atom stereocenters. The minimum atomic E-state index is -0.788. The molecule has 1 aliphatic carbocycles. The van der Waals surface area contributed by atoms with Gasteiger partial charge in [-0.05, 0) is 37.3 Å². The molecule has 5 nitrogen and oxygen atoms in total. The van der Waals surface area contributed by atoms with E-state index in [9.17, 15) is 13.6 Å². The van der Waals surface area contributed by atoms with Gasteiger partial charge >= 0.3 is 6.09 Å². The molecule has 1 N–H and O–H groups in total. The highest BCUT2D eigenvalue weighted by Gasteiger charge is 2.27. The molecule has 1 aromatic carbocycles. The van der Waals surface area contributed by atoms with E-state index < -0.39 is 24.3 Å². The summed E-state index contributed by atoms with van der Waals surface area (Å²) < 4.78 is 39.3. The van der Waals surface area contributed by atoms with Crippen LogP contribution in [0.2, 0.25) is 0 Å². The molecule has 1 aromatic rings. The number of rotatable bonds is 6. The molecule has 1 saturated carbocycles. The van der Waals surface area contributed by atoms with E-state index in [0.29, 0.717) is 32.2 Å². The van der Waals surface area contributed by atoms with Gasteiger partial charge in [-0.25, -0.2) is 13.6 Å². The van der Waals surface area contributed by atoms with Crippen LogP contribution in [-0.4, -0.2) is 43.3 Å². The molecule has 1 aliphatic heterocycles. The molecule has 1 heterocycles. The van der Waals surface area contributed by atoms with Crippen LogP contribution in [0.15, 0.2) is 12.1 Å². The molecular weight excluding hydrogens is 342 g/mol. The second kappa shape index (κ2) is 8.66. The lowest BCUT2D eigenvalue weighted by Gasteiger charge is -2.34. The van der Waals surface area contributed by atoms with E-state index >= 15 is 0 Å². The van der Waals surface area contributed by atoms with Crippen LogP contribution in [-0.2, 0) is 11.3 Å². The number of benzene rings is 1. The van der Waals surface area contributed by atoms with Crippen LogP contribution in [0.1, 0.15) is 38.2 Å². The van der Waals surface area contributed by atoms with Crippen molar-refractivity contribution < 1.29 is 23.0 Å². The Bertz CT molecular complexity index is 637. The molecule has 3 rings (SSSR count). The van der Waals surface area contributed by atoms with Gasteiger partial charge in [-0.2, -0.15) is 0 Å². The van der Waals surface area contributed by atoms with E-state index in [2.05, 4.69) is 5.32 Å². The van der Waals surface area contributed by atoms with Crippen molar-refractivity contribution >= 4 is 6.09 Å². The average molecular weight is 368 g/mol. The van der Waals surface area contributed by atoms with Gasteiger partial charge in [0.05, 0.1) is 12.2 Å². The number of piperazine rings is 1. The SMILES string of the molecule is CCC1CNCCN1C(=O)OCc1c(F)ccc(OCC2CCC2)c1F. The molecule has 0 spiro atoms. The van der Waals surface area contributed by atoms with Gasteiger partial charge in [0.2, 0.25) is 0 Å². The van der Waals surface area contributed by atoms with Crippen LogP contribution >= 0.6 is 0 Å². The highest BCUT2D eigenvalue weighted by Crippen LogP contribution is 2.29. The standard InChI is InChI=1S/C19H26F2N2O3/c1-2-14-10-22-8-9-23(14)19(24)26-12-15-16(20)6-7-17(18(15)21)25-11-13-4-3-5-13/h6-7,13-14,22H,2-5,8-12H2,1H3. The summed E-state index contributed by atoms with van der Waals surface area (Å²) in [6.45, 7) is 3.86. The van der Waals surface area contributed by atoms with E-state index in [1.54, 1.807) is 4.90 Å². The molecule has 7 heteroatoms. The number of hydrogen-bond donors (Lipinski definition) is 1. The van der Waals surface area contributed by atoms with E-state index in [1.807, 2.05) is 6.92 Å². The van der Waals surface area contributed by atoms with Crippen LogP contribution in [0.25, 0.3) is 0 Å². The first-order valence-electron chi connectivity index (χ1n) is 9.34. The molecule has 1 unspecified atom stereocenters. The lowest BCUT2D eigenvalue weighted by molar-refractivity contribution is 0.0696. The van der Waals surface area contributed by atoms with Crippen molar-refractivity contribution in [3.05, 3.63) is 29.3 Å². The van der Waals surface area contributed by atoms with Gasteiger partial charge in [-0.15, -0.1) is 0 Å². The lowest BCUT2D eigenvalue weighted by atomic mass is 9.86. The predicted molar refractivity (Wildman–Crippen MR) is 93.0 cm³/mol. The van der Waals surface area contributed by atoms with Crippen LogP contribution < -0.4 is 10.1 Å². The molecule has 2 fully saturated rings. The largest absolute Gasteiger partial charge is 0.490 e. The minimum absolute atomic E-state index is 0.0120. The maximum atomic E-state index is 14.6. The van der Waals surface area contributed by atoms with Crippen LogP contribution in [0.4, 0.5) is 13.6 Å². The number of carbonyl (C=O) groups is 1. The number of carbonyl (C=O) groups excluding carboxylic acids is 1. The third kappa shape index (κ3) is 4.26. The Hall–Kier alpha value is -1.89. The summed E-state index contributed by atoms with van der Waals surface area (Å²) in [6.07, 6.45) is 3.58. The fourth-order valence-corrected chi connectivity index (χ4v) is 3.27. The summed E-state index contributed by atoms with van der Waals surface area (Å²) in [5.41, 5.74) is -0.271. The van der Waals surface area contributed by atoms with Gasteiger partial charge in [0.1, 0.15) is 12.4 Å². The number of ether oxygens (including phenoxy) is 2. The molecule has 2 aliphatic rings. The summed E-state index contributed by atoms with van der Waals surface area (Å²) in [5.74, 6) is -1.07. The average Bonchev–Trinajstić information content (AvgIpc) is 2.61. The molecule has 144 valence electrons. The molecule has 1 saturated heterocycles. The van der Waals surface area contributed by atoms with E-state index in [4.69, 9.17) is 9.47 Å². The van der Waals surface area contributed by atoms with Gasteiger partial charge < -0.3 is 19.7 Å². The van der Waals surface area contributed by atoms with Crippen molar-refractivity contribution in [2.75, 3.05) is 26.2 Å². The normalized spacial score (nSPS) is 20.6.